The average molecular weight is 295 g/mol. The van der Waals surface area contributed by atoms with Gasteiger partial charge in [0.25, 0.3) is 0 Å². The topological polar surface area (TPSA) is 72.9 Å². The summed E-state index contributed by atoms with van der Waals surface area (Å²) in [6.07, 6.45) is 3.68. The van der Waals surface area contributed by atoms with Gasteiger partial charge in [0.2, 0.25) is 5.91 Å². The average Bonchev–Trinajstić information content (AvgIpc) is 2.84. The van der Waals surface area contributed by atoms with Gasteiger partial charge in [-0.2, -0.15) is 5.10 Å². The Morgan fingerprint density at radius 2 is 2.05 bits per heavy atom. The molecule has 0 unspecified atom stereocenters. The van der Waals surface area contributed by atoms with E-state index in [-0.39, 0.29) is 18.3 Å². The number of hydrogen-bond donors (Lipinski definition) is 2. The van der Waals surface area contributed by atoms with Crippen LogP contribution in [0.5, 0.6) is 0 Å². The fourth-order valence-corrected chi connectivity index (χ4v) is 1.70. The first-order valence-electron chi connectivity index (χ1n) is 6.23. The van der Waals surface area contributed by atoms with E-state index in [1.54, 1.807) is 13.1 Å². The third kappa shape index (κ3) is 4.68. The molecule has 20 heavy (non-hydrogen) atoms. The van der Waals surface area contributed by atoms with Gasteiger partial charge in [-0.1, -0.05) is 30.3 Å². The van der Waals surface area contributed by atoms with E-state index in [2.05, 4.69) is 22.5 Å². The van der Waals surface area contributed by atoms with Crippen molar-refractivity contribution in [1.82, 2.24) is 15.1 Å². The highest BCUT2D eigenvalue weighted by Gasteiger charge is 2.07. The van der Waals surface area contributed by atoms with Crippen LogP contribution in [0.1, 0.15) is 18.1 Å². The number of nitrogens with two attached hydrogens (primary N) is 1. The number of halogens is 1. The smallest absolute Gasteiger partial charge is 0.236 e. The number of aromatic nitrogens is 2. The van der Waals surface area contributed by atoms with Crippen molar-refractivity contribution in [3.63, 3.8) is 0 Å². The van der Waals surface area contributed by atoms with Gasteiger partial charge in [0.15, 0.2) is 0 Å². The van der Waals surface area contributed by atoms with E-state index in [9.17, 15) is 4.79 Å². The van der Waals surface area contributed by atoms with Crippen LogP contribution in [-0.4, -0.2) is 21.7 Å². The second-order valence-corrected chi connectivity index (χ2v) is 4.54. The van der Waals surface area contributed by atoms with Gasteiger partial charge in [0, 0.05) is 18.3 Å². The molecule has 3 N–H and O–H groups in total. The SMILES string of the molecule is C[C@@H](N)C(=O)NCc1cnn(Cc2ccccc2)c1.Cl. The Balaban J connectivity index is 0.00000200. The van der Waals surface area contributed by atoms with Crippen LogP contribution in [-0.2, 0) is 17.9 Å². The minimum atomic E-state index is -0.487. The Bertz CT molecular complexity index is 539. The van der Waals surface area contributed by atoms with Gasteiger partial charge in [-0.25, -0.2) is 0 Å². The molecule has 0 saturated carbocycles. The fraction of sp³-hybridized carbons (Fsp3) is 0.286. The zero-order valence-corrected chi connectivity index (χ0v) is 12.1. The molecule has 6 heteroatoms. The number of amides is 1. The van der Waals surface area contributed by atoms with Crippen molar-refractivity contribution in [1.29, 1.82) is 0 Å². The lowest BCUT2D eigenvalue weighted by Gasteiger charge is -2.05. The molecule has 1 amide bonds. The Labute approximate surface area is 124 Å². The molecule has 1 aromatic carbocycles. The quantitative estimate of drug-likeness (QED) is 0.873. The minimum absolute atomic E-state index is 0. The van der Waals surface area contributed by atoms with Crippen molar-refractivity contribution in [2.24, 2.45) is 5.73 Å². The molecule has 0 aliphatic rings. The lowest BCUT2D eigenvalue weighted by molar-refractivity contribution is -0.122. The first-order valence-corrected chi connectivity index (χ1v) is 6.23. The molecule has 108 valence electrons. The summed E-state index contributed by atoms with van der Waals surface area (Å²) in [5.74, 6) is -0.157. The Morgan fingerprint density at radius 1 is 1.35 bits per heavy atom. The van der Waals surface area contributed by atoms with E-state index in [0.29, 0.717) is 6.54 Å². The molecule has 1 aromatic heterocycles. The Morgan fingerprint density at radius 3 is 2.70 bits per heavy atom. The molecule has 0 bridgehead atoms. The molecule has 5 nitrogen and oxygen atoms in total. The number of hydrogen-bond acceptors (Lipinski definition) is 3. The van der Waals surface area contributed by atoms with Crippen LogP contribution in [0.3, 0.4) is 0 Å². The summed E-state index contributed by atoms with van der Waals surface area (Å²) in [6.45, 7) is 2.84. The predicted octanol–water partition coefficient (Wildman–Crippen LogP) is 1.32. The molecule has 0 saturated heterocycles. The third-order valence-corrected chi connectivity index (χ3v) is 2.75. The molecule has 0 fully saturated rings. The number of rotatable bonds is 5. The van der Waals surface area contributed by atoms with Crippen molar-refractivity contribution in [3.05, 3.63) is 53.9 Å². The van der Waals surface area contributed by atoms with Crippen molar-refractivity contribution < 1.29 is 4.79 Å². The summed E-state index contributed by atoms with van der Waals surface area (Å²) in [5.41, 5.74) is 7.63. The number of nitrogens with zero attached hydrogens (tertiary/aromatic N) is 2. The molecule has 0 radical (unpaired) electrons. The van der Waals surface area contributed by atoms with Crippen molar-refractivity contribution in [3.8, 4) is 0 Å². The highest BCUT2D eigenvalue weighted by atomic mass is 35.5. The highest BCUT2D eigenvalue weighted by molar-refractivity contribution is 5.85. The summed E-state index contributed by atoms with van der Waals surface area (Å²) < 4.78 is 1.85. The maximum absolute atomic E-state index is 11.4. The summed E-state index contributed by atoms with van der Waals surface area (Å²) in [6, 6.07) is 9.62. The van der Waals surface area contributed by atoms with Crippen LogP contribution in [0.25, 0.3) is 0 Å². The van der Waals surface area contributed by atoms with Crippen LogP contribution in [0.15, 0.2) is 42.7 Å². The summed E-state index contributed by atoms with van der Waals surface area (Å²) in [5, 5.41) is 7.03. The van der Waals surface area contributed by atoms with E-state index in [4.69, 9.17) is 5.73 Å². The number of carbonyl (C=O) groups is 1. The van der Waals surface area contributed by atoms with E-state index in [1.165, 1.54) is 5.56 Å². The molecule has 0 spiro atoms. The van der Waals surface area contributed by atoms with Gasteiger partial charge in [-0.05, 0) is 12.5 Å². The Kier molecular flexibility index (Phi) is 6.21. The predicted molar refractivity (Wildman–Crippen MR) is 80.5 cm³/mol. The van der Waals surface area contributed by atoms with Crippen LogP contribution >= 0.6 is 12.4 Å². The zero-order chi connectivity index (χ0) is 13.7. The monoisotopic (exact) mass is 294 g/mol. The molecule has 1 heterocycles. The lowest BCUT2D eigenvalue weighted by atomic mass is 10.2. The summed E-state index contributed by atoms with van der Waals surface area (Å²) in [4.78, 5) is 11.4. The van der Waals surface area contributed by atoms with Gasteiger partial charge in [0.05, 0.1) is 18.8 Å². The molecule has 1 atom stereocenters. The third-order valence-electron chi connectivity index (χ3n) is 2.75. The molecular weight excluding hydrogens is 276 g/mol. The fourth-order valence-electron chi connectivity index (χ4n) is 1.70. The summed E-state index contributed by atoms with van der Waals surface area (Å²) >= 11 is 0. The lowest BCUT2D eigenvalue weighted by Crippen LogP contribution is -2.37. The van der Waals surface area contributed by atoms with Crippen LogP contribution < -0.4 is 11.1 Å². The molecule has 2 rings (SSSR count). The second kappa shape index (κ2) is 7.67. The number of benzene rings is 1. The minimum Gasteiger partial charge on any atom is -0.351 e. The molecule has 0 aliphatic carbocycles. The van der Waals surface area contributed by atoms with E-state index >= 15 is 0 Å². The van der Waals surface area contributed by atoms with E-state index < -0.39 is 6.04 Å². The van der Waals surface area contributed by atoms with Crippen LogP contribution in [0.2, 0.25) is 0 Å². The first-order chi connectivity index (χ1) is 9.15. The molecular formula is C14H19ClN4O. The largest absolute Gasteiger partial charge is 0.351 e. The standard InChI is InChI=1S/C14H18N4O.ClH/c1-11(15)14(19)16-7-13-8-17-18(10-13)9-12-5-3-2-4-6-12;/h2-6,8,10-11H,7,9,15H2,1H3,(H,16,19);1H/t11-;/m1./s1. The maximum Gasteiger partial charge on any atom is 0.236 e. The van der Waals surface area contributed by atoms with Gasteiger partial charge < -0.3 is 11.1 Å². The van der Waals surface area contributed by atoms with Crippen LogP contribution in [0.4, 0.5) is 0 Å². The number of carbonyl (C=O) groups excluding carboxylic acids is 1. The molecule has 0 aliphatic heterocycles. The summed E-state index contributed by atoms with van der Waals surface area (Å²) in [7, 11) is 0. The van der Waals surface area contributed by atoms with Crippen molar-refractivity contribution in [2.45, 2.75) is 26.1 Å². The highest BCUT2D eigenvalue weighted by Crippen LogP contribution is 2.03. The normalized spacial score (nSPS) is 11.5. The molecule has 2 aromatic rings. The van der Waals surface area contributed by atoms with E-state index in [1.807, 2.05) is 29.1 Å². The van der Waals surface area contributed by atoms with Gasteiger partial charge in [-0.3, -0.25) is 9.48 Å². The number of nitrogens with one attached hydrogen (secondary N) is 1. The maximum atomic E-state index is 11.4. The van der Waals surface area contributed by atoms with Gasteiger partial charge in [0.1, 0.15) is 0 Å². The Hall–Kier alpha value is -1.85. The van der Waals surface area contributed by atoms with Gasteiger partial charge in [-0.15, -0.1) is 12.4 Å². The van der Waals surface area contributed by atoms with Crippen molar-refractivity contribution >= 4 is 18.3 Å². The first kappa shape index (κ1) is 16.2. The van der Waals surface area contributed by atoms with Crippen molar-refractivity contribution in [2.75, 3.05) is 0 Å². The van der Waals surface area contributed by atoms with Crippen LogP contribution in [0, 0.1) is 0 Å². The van der Waals surface area contributed by atoms with E-state index in [0.717, 1.165) is 12.1 Å². The zero-order valence-electron chi connectivity index (χ0n) is 11.3. The van der Waals surface area contributed by atoms with Gasteiger partial charge >= 0.3 is 0 Å². The second-order valence-electron chi connectivity index (χ2n) is 4.54.